The number of hydrogen-bond acceptors (Lipinski definition) is 8. The Bertz CT molecular complexity index is 1810. The van der Waals surface area contributed by atoms with E-state index in [2.05, 4.69) is 9.97 Å². The van der Waals surface area contributed by atoms with Gasteiger partial charge in [-0.15, -0.1) is 0 Å². The maximum absolute atomic E-state index is 12.1. The first-order chi connectivity index (χ1) is 22.0. The number of ether oxygens (including phenoxy) is 2. The molecule has 0 saturated carbocycles. The molecule has 0 radical (unpaired) electrons. The SMILES string of the molecule is COC(=O)c1ccc(N(c2ccc(C(=O)OC)cc2)c2ccc(-c3cc(-c4ccccn4)nc(-c4ccccn4)c3)cc2)cc1. The fourth-order valence-corrected chi connectivity index (χ4v) is 4.97. The molecule has 0 aliphatic rings. The average Bonchev–Trinajstić information content (AvgIpc) is 3.12. The molecule has 0 amide bonds. The van der Waals surface area contributed by atoms with Crippen molar-refractivity contribution in [3.05, 3.63) is 145 Å². The lowest BCUT2D eigenvalue weighted by molar-refractivity contribution is 0.0592. The van der Waals surface area contributed by atoms with Gasteiger partial charge in [-0.25, -0.2) is 14.6 Å². The fourth-order valence-electron chi connectivity index (χ4n) is 4.97. The van der Waals surface area contributed by atoms with Crippen LogP contribution in [0.3, 0.4) is 0 Å². The number of methoxy groups -OCH3 is 2. The zero-order valence-electron chi connectivity index (χ0n) is 24.6. The molecule has 0 fully saturated rings. The van der Waals surface area contributed by atoms with Gasteiger partial charge in [0, 0.05) is 29.5 Å². The van der Waals surface area contributed by atoms with Crippen LogP contribution in [0.1, 0.15) is 20.7 Å². The molecule has 220 valence electrons. The number of benzene rings is 3. The van der Waals surface area contributed by atoms with Crippen LogP contribution in [0.5, 0.6) is 0 Å². The molecule has 8 heteroatoms. The summed E-state index contributed by atoms with van der Waals surface area (Å²) in [7, 11) is 2.71. The van der Waals surface area contributed by atoms with E-state index < -0.39 is 11.9 Å². The molecule has 0 spiro atoms. The number of anilines is 3. The molecule has 0 saturated heterocycles. The van der Waals surface area contributed by atoms with Crippen molar-refractivity contribution in [3.8, 4) is 33.9 Å². The molecular formula is C37H28N4O4. The number of hydrogen-bond donors (Lipinski definition) is 0. The van der Waals surface area contributed by atoms with Crippen LogP contribution in [0.2, 0.25) is 0 Å². The molecule has 0 atom stereocenters. The molecule has 3 aromatic heterocycles. The van der Waals surface area contributed by atoms with Gasteiger partial charge in [-0.1, -0.05) is 24.3 Å². The number of nitrogens with zero attached hydrogens (tertiary/aromatic N) is 4. The molecule has 3 aromatic carbocycles. The van der Waals surface area contributed by atoms with E-state index in [1.807, 2.05) is 102 Å². The number of rotatable bonds is 8. The quantitative estimate of drug-likeness (QED) is 0.165. The van der Waals surface area contributed by atoms with Gasteiger partial charge in [-0.2, -0.15) is 0 Å². The van der Waals surface area contributed by atoms with Crippen molar-refractivity contribution in [2.45, 2.75) is 0 Å². The minimum absolute atomic E-state index is 0.410. The van der Waals surface area contributed by atoms with Crippen molar-refractivity contribution in [2.24, 2.45) is 0 Å². The summed E-state index contributed by atoms with van der Waals surface area (Å²) < 4.78 is 9.74. The molecule has 0 unspecified atom stereocenters. The zero-order valence-corrected chi connectivity index (χ0v) is 24.6. The summed E-state index contributed by atoms with van der Waals surface area (Å²) in [6, 6.07) is 38.0. The maximum atomic E-state index is 12.1. The van der Waals surface area contributed by atoms with E-state index in [0.717, 1.165) is 51.0 Å². The van der Waals surface area contributed by atoms with Crippen LogP contribution in [0.4, 0.5) is 17.1 Å². The monoisotopic (exact) mass is 592 g/mol. The summed E-state index contributed by atoms with van der Waals surface area (Å²) >= 11 is 0. The Morgan fingerprint density at radius 2 is 0.933 bits per heavy atom. The molecular weight excluding hydrogens is 564 g/mol. The zero-order chi connectivity index (χ0) is 31.2. The molecule has 0 aliphatic heterocycles. The van der Waals surface area contributed by atoms with Gasteiger partial charge in [0.25, 0.3) is 0 Å². The third-order valence-corrected chi connectivity index (χ3v) is 7.23. The number of pyridine rings is 3. The lowest BCUT2D eigenvalue weighted by Crippen LogP contribution is -2.11. The van der Waals surface area contributed by atoms with Gasteiger partial charge in [0.15, 0.2) is 0 Å². The predicted molar refractivity (Wildman–Crippen MR) is 173 cm³/mol. The third-order valence-electron chi connectivity index (χ3n) is 7.23. The Balaban J connectivity index is 1.41. The van der Waals surface area contributed by atoms with E-state index >= 15 is 0 Å². The van der Waals surface area contributed by atoms with E-state index in [0.29, 0.717) is 11.1 Å². The smallest absolute Gasteiger partial charge is 0.337 e. The number of carbonyl (C=O) groups is 2. The summed E-state index contributed by atoms with van der Waals surface area (Å²) in [6.07, 6.45) is 3.51. The summed E-state index contributed by atoms with van der Waals surface area (Å²) in [5, 5.41) is 0. The van der Waals surface area contributed by atoms with Crippen LogP contribution < -0.4 is 4.90 Å². The first kappa shape index (κ1) is 28.9. The summed E-state index contributed by atoms with van der Waals surface area (Å²) in [5.41, 5.74) is 8.39. The van der Waals surface area contributed by atoms with Gasteiger partial charge >= 0.3 is 11.9 Å². The van der Waals surface area contributed by atoms with E-state index in [1.54, 1.807) is 36.7 Å². The molecule has 8 nitrogen and oxygen atoms in total. The van der Waals surface area contributed by atoms with Crippen LogP contribution in [0.15, 0.2) is 134 Å². The second kappa shape index (κ2) is 13.0. The second-order valence-electron chi connectivity index (χ2n) is 10.0. The average molecular weight is 593 g/mol. The molecule has 6 aromatic rings. The molecule has 0 bridgehead atoms. The van der Waals surface area contributed by atoms with Gasteiger partial charge in [0.1, 0.15) is 0 Å². The van der Waals surface area contributed by atoms with Crippen LogP contribution in [-0.4, -0.2) is 41.1 Å². The first-order valence-electron chi connectivity index (χ1n) is 14.2. The van der Waals surface area contributed by atoms with E-state index in [4.69, 9.17) is 14.5 Å². The molecule has 3 heterocycles. The highest BCUT2D eigenvalue weighted by atomic mass is 16.5. The Kier molecular flexibility index (Phi) is 8.37. The lowest BCUT2D eigenvalue weighted by Gasteiger charge is -2.26. The third kappa shape index (κ3) is 6.30. The van der Waals surface area contributed by atoms with Crippen LogP contribution >= 0.6 is 0 Å². The maximum Gasteiger partial charge on any atom is 0.337 e. The van der Waals surface area contributed by atoms with Gasteiger partial charge < -0.3 is 14.4 Å². The van der Waals surface area contributed by atoms with Crippen molar-refractivity contribution >= 4 is 29.0 Å². The molecule has 6 rings (SSSR count). The standard InChI is InChI=1S/C37H28N4O4/c1-44-36(42)26-11-17-30(18-12-26)41(31-19-13-27(14-20-31)37(43)45-2)29-15-9-25(10-16-29)28-23-34(32-7-3-5-21-38-32)40-35(24-28)33-8-4-6-22-39-33/h3-24H,1-2H3. The fraction of sp³-hybridized carbons (Fsp3) is 0.0541. The summed E-state index contributed by atoms with van der Waals surface area (Å²) in [6.45, 7) is 0. The molecule has 0 N–H and O–H groups in total. The van der Waals surface area contributed by atoms with Crippen molar-refractivity contribution < 1.29 is 19.1 Å². The van der Waals surface area contributed by atoms with Crippen molar-refractivity contribution in [3.63, 3.8) is 0 Å². The highest BCUT2D eigenvalue weighted by molar-refractivity contribution is 5.92. The predicted octanol–water partition coefficient (Wildman–Crippen LogP) is 7.92. The number of carbonyl (C=O) groups excluding carboxylic acids is 2. The second-order valence-corrected chi connectivity index (χ2v) is 10.0. The summed E-state index contributed by atoms with van der Waals surface area (Å²) in [5.74, 6) is -0.820. The Morgan fingerprint density at radius 3 is 1.31 bits per heavy atom. The van der Waals surface area contributed by atoms with Gasteiger partial charge in [-0.3, -0.25) is 9.97 Å². The van der Waals surface area contributed by atoms with Crippen LogP contribution in [0, 0.1) is 0 Å². The molecule has 45 heavy (non-hydrogen) atoms. The Morgan fingerprint density at radius 1 is 0.511 bits per heavy atom. The summed E-state index contributed by atoms with van der Waals surface area (Å²) in [4.78, 5) is 40.1. The number of esters is 2. The Labute approximate surface area is 260 Å². The topological polar surface area (TPSA) is 94.5 Å². The largest absolute Gasteiger partial charge is 0.465 e. The van der Waals surface area contributed by atoms with E-state index in [1.165, 1.54) is 14.2 Å². The Hall–Kier alpha value is -6.15. The van der Waals surface area contributed by atoms with Crippen molar-refractivity contribution in [1.29, 1.82) is 0 Å². The number of aromatic nitrogens is 3. The van der Waals surface area contributed by atoms with Crippen LogP contribution in [0.25, 0.3) is 33.9 Å². The highest BCUT2D eigenvalue weighted by Gasteiger charge is 2.16. The van der Waals surface area contributed by atoms with Crippen molar-refractivity contribution in [1.82, 2.24) is 15.0 Å². The lowest BCUT2D eigenvalue weighted by atomic mass is 10.0. The normalized spacial score (nSPS) is 10.6. The van der Waals surface area contributed by atoms with E-state index in [-0.39, 0.29) is 0 Å². The minimum atomic E-state index is -0.410. The van der Waals surface area contributed by atoms with Gasteiger partial charge in [0.2, 0.25) is 0 Å². The van der Waals surface area contributed by atoms with E-state index in [9.17, 15) is 9.59 Å². The molecule has 0 aliphatic carbocycles. The highest BCUT2D eigenvalue weighted by Crippen LogP contribution is 2.37. The van der Waals surface area contributed by atoms with Crippen molar-refractivity contribution in [2.75, 3.05) is 19.1 Å². The minimum Gasteiger partial charge on any atom is -0.465 e. The van der Waals surface area contributed by atoms with Crippen LogP contribution in [-0.2, 0) is 9.47 Å². The van der Waals surface area contributed by atoms with Gasteiger partial charge in [0.05, 0.1) is 48.1 Å². The first-order valence-corrected chi connectivity index (χ1v) is 14.2. The van der Waals surface area contributed by atoms with Gasteiger partial charge in [-0.05, 0) is 108 Å².